The van der Waals surface area contributed by atoms with Gasteiger partial charge in [0.15, 0.2) is 11.5 Å². The summed E-state index contributed by atoms with van der Waals surface area (Å²) >= 11 is 0. The number of nitrogens with two attached hydrogens (primary N) is 1. The van der Waals surface area contributed by atoms with Crippen molar-refractivity contribution < 1.29 is 30.0 Å². The number of nitrogens with zero attached hydrogens (tertiary/aromatic N) is 1. The summed E-state index contributed by atoms with van der Waals surface area (Å²) in [4.78, 5) is 24.1. The van der Waals surface area contributed by atoms with Crippen molar-refractivity contribution in [2.24, 2.45) is 0 Å². The second-order valence-electron chi connectivity index (χ2n) is 4.66. The van der Waals surface area contributed by atoms with E-state index < -0.39 is 11.1 Å². The summed E-state index contributed by atoms with van der Waals surface area (Å²) in [6.07, 6.45) is 2.27. The molecule has 25 heavy (non-hydrogen) atoms. The van der Waals surface area contributed by atoms with Crippen molar-refractivity contribution in [1.29, 1.82) is 0 Å². The van der Waals surface area contributed by atoms with E-state index in [0.29, 0.717) is 11.3 Å². The zero-order valence-corrected chi connectivity index (χ0v) is 12.9. The third kappa shape index (κ3) is 7.88. The van der Waals surface area contributed by atoms with Gasteiger partial charge < -0.3 is 25.9 Å². The van der Waals surface area contributed by atoms with E-state index in [-0.39, 0.29) is 18.1 Å². The van der Waals surface area contributed by atoms with Gasteiger partial charge in [-0.1, -0.05) is 18.2 Å². The molecule has 0 atom stereocenters. The lowest BCUT2D eigenvalue weighted by Crippen LogP contribution is -2.00. The van der Waals surface area contributed by atoms with Crippen LogP contribution in [0.4, 0.5) is 5.69 Å². The van der Waals surface area contributed by atoms with Gasteiger partial charge in [-0.2, -0.15) is 0 Å². The Hall–Kier alpha value is -3.75. The molecule has 2 aromatic carbocycles. The number of carboxylic acid groups (broad SMARTS) is 1. The van der Waals surface area contributed by atoms with Crippen LogP contribution >= 0.6 is 0 Å². The Balaban J connectivity index is 0.000000251. The zero-order valence-electron chi connectivity index (χ0n) is 12.9. The van der Waals surface area contributed by atoms with Crippen LogP contribution < -0.4 is 5.73 Å². The number of phenols is 2. The van der Waals surface area contributed by atoms with E-state index in [9.17, 15) is 14.9 Å². The second kappa shape index (κ2) is 9.40. The van der Waals surface area contributed by atoms with Gasteiger partial charge in [0.25, 0.3) is 5.09 Å². The van der Waals surface area contributed by atoms with Crippen molar-refractivity contribution in [2.45, 2.75) is 6.61 Å². The van der Waals surface area contributed by atoms with Crippen LogP contribution in [0.1, 0.15) is 11.1 Å². The van der Waals surface area contributed by atoms with Crippen molar-refractivity contribution in [1.82, 2.24) is 0 Å². The van der Waals surface area contributed by atoms with Crippen molar-refractivity contribution in [3.63, 3.8) is 0 Å². The average Bonchev–Trinajstić information content (AvgIpc) is 2.56. The molecule has 0 fully saturated rings. The smallest absolute Gasteiger partial charge is 0.328 e. The molecule has 0 amide bonds. The van der Waals surface area contributed by atoms with Gasteiger partial charge in [-0.3, -0.25) is 0 Å². The molecule has 0 saturated heterocycles. The Morgan fingerprint density at radius 1 is 1.16 bits per heavy atom. The van der Waals surface area contributed by atoms with E-state index in [1.54, 1.807) is 24.3 Å². The number of rotatable bonds is 5. The summed E-state index contributed by atoms with van der Waals surface area (Å²) in [5.74, 6) is -1.56. The zero-order chi connectivity index (χ0) is 18.8. The topological polar surface area (TPSA) is 156 Å². The van der Waals surface area contributed by atoms with Gasteiger partial charge in [0.1, 0.15) is 6.61 Å². The van der Waals surface area contributed by atoms with Crippen LogP contribution in [0.15, 0.2) is 48.5 Å². The summed E-state index contributed by atoms with van der Waals surface area (Å²) in [5, 5.41) is 35.2. The molecule has 9 heteroatoms. The molecule has 0 aromatic heterocycles. The van der Waals surface area contributed by atoms with E-state index in [2.05, 4.69) is 4.84 Å². The largest absolute Gasteiger partial charge is 0.504 e. The number of carboxylic acids is 1. The summed E-state index contributed by atoms with van der Waals surface area (Å²) in [5.41, 5.74) is 7.27. The first-order chi connectivity index (χ1) is 11.8. The quantitative estimate of drug-likeness (QED) is 0.210. The predicted molar refractivity (Wildman–Crippen MR) is 89.1 cm³/mol. The van der Waals surface area contributed by atoms with Crippen molar-refractivity contribution >= 4 is 17.7 Å². The summed E-state index contributed by atoms with van der Waals surface area (Å²) in [7, 11) is 0. The molecule has 2 rings (SSSR count). The van der Waals surface area contributed by atoms with E-state index in [4.69, 9.17) is 21.1 Å². The van der Waals surface area contributed by atoms with E-state index >= 15 is 0 Å². The molecule has 0 heterocycles. The standard InChI is InChI=1S/C9H8O4.C7H8N2O3/c10-7-3-1-6(5-8(7)11)2-4-9(12)13;8-7-3-1-6(2-4-7)5-12-9(10)11/h1-5,10-11H,(H,12,13);1-4H,5,8H2. The maximum Gasteiger partial charge on any atom is 0.328 e. The van der Waals surface area contributed by atoms with Crippen molar-refractivity contribution in [3.8, 4) is 11.5 Å². The molecule has 132 valence electrons. The van der Waals surface area contributed by atoms with E-state index in [0.717, 1.165) is 11.6 Å². The minimum atomic E-state index is -1.06. The first kappa shape index (κ1) is 19.3. The highest BCUT2D eigenvalue weighted by molar-refractivity contribution is 5.85. The Morgan fingerprint density at radius 2 is 1.80 bits per heavy atom. The number of benzene rings is 2. The Bertz CT molecular complexity index is 758. The lowest BCUT2D eigenvalue weighted by atomic mass is 10.2. The number of hydrogen-bond acceptors (Lipinski definition) is 7. The molecule has 0 aliphatic heterocycles. The van der Waals surface area contributed by atoms with Crippen LogP contribution in [0, 0.1) is 10.1 Å². The van der Waals surface area contributed by atoms with E-state index in [1.165, 1.54) is 24.3 Å². The van der Waals surface area contributed by atoms with Gasteiger partial charge in [-0.25, -0.2) is 4.79 Å². The number of anilines is 1. The minimum Gasteiger partial charge on any atom is -0.504 e. The molecule has 9 nitrogen and oxygen atoms in total. The third-order valence-corrected chi connectivity index (χ3v) is 2.73. The van der Waals surface area contributed by atoms with Crippen molar-refractivity contribution in [2.75, 3.05) is 5.73 Å². The predicted octanol–water partition coefficient (Wildman–Crippen LogP) is 2.17. The van der Waals surface area contributed by atoms with Gasteiger partial charge in [0, 0.05) is 11.8 Å². The van der Waals surface area contributed by atoms with Gasteiger partial charge >= 0.3 is 5.97 Å². The Kier molecular flexibility index (Phi) is 7.26. The van der Waals surface area contributed by atoms with Gasteiger partial charge in [0.2, 0.25) is 0 Å². The lowest BCUT2D eigenvalue weighted by molar-refractivity contribution is -0.763. The number of phenolic OH excluding ortho intramolecular Hbond substituents is 2. The normalized spacial score (nSPS) is 9.92. The molecule has 0 aliphatic carbocycles. The van der Waals surface area contributed by atoms with Gasteiger partial charge in [-0.15, -0.1) is 10.1 Å². The first-order valence-electron chi connectivity index (χ1n) is 6.82. The fraction of sp³-hybridized carbons (Fsp3) is 0.0625. The Morgan fingerprint density at radius 3 is 2.32 bits per heavy atom. The highest BCUT2D eigenvalue weighted by Crippen LogP contribution is 2.25. The third-order valence-electron chi connectivity index (χ3n) is 2.73. The van der Waals surface area contributed by atoms with Gasteiger partial charge in [0.05, 0.1) is 0 Å². The lowest BCUT2D eigenvalue weighted by Gasteiger charge is -1.98. The molecule has 0 unspecified atom stereocenters. The molecular weight excluding hydrogens is 332 g/mol. The fourth-order valence-electron chi connectivity index (χ4n) is 1.55. The SMILES string of the molecule is Nc1ccc(CO[N+](=O)[O-])cc1.O=C(O)C=Cc1ccc(O)c(O)c1. The highest BCUT2D eigenvalue weighted by Gasteiger charge is 1.98. The molecule has 0 aliphatic rings. The van der Waals surface area contributed by atoms with Crippen LogP contribution in [0.3, 0.4) is 0 Å². The molecule has 0 saturated carbocycles. The molecule has 0 spiro atoms. The van der Waals surface area contributed by atoms with Crippen LogP contribution in [0.5, 0.6) is 11.5 Å². The number of aromatic hydroxyl groups is 2. The van der Waals surface area contributed by atoms with Crippen molar-refractivity contribution in [3.05, 3.63) is 69.8 Å². The average molecular weight is 348 g/mol. The molecule has 5 N–H and O–H groups in total. The van der Waals surface area contributed by atoms with E-state index in [1.807, 2.05) is 0 Å². The maximum atomic E-state index is 10.1. The minimum absolute atomic E-state index is 0.0344. The second-order valence-corrected chi connectivity index (χ2v) is 4.66. The summed E-state index contributed by atoms with van der Waals surface area (Å²) in [6.45, 7) is -0.0344. The fourth-order valence-corrected chi connectivity index (χ4v) is 1.55. The molecular formula is C16H16N2O7. The summed E-state index contributed by atoms with van der Waals surface area (Å²) in [6, 6.07) is 10.7. The molecule has 0 radical (unpaired) electrons. The van der Waals surface area contributed by atoms with Crippen LogP contribution in [0.25, 0.3) is 6.08 Å². The Labute approximate surface area is 142 Å². The number of carbonyl (C=O) groups is 1. The van der Waals surface area contributed by atoms with Gasteiger partial charge in [-0.05, 0) is 41.5 Å². The monoisotopic (exact) mass is 348 g/mol. The van der Waals surface area contributed by atoms with Crippen LogP contribution in [0.2, 0.25) is 0 Å². The first-order valence-corrected chi connectivity index (χ1v) is 6.82. The summed E-state index contributed by atoms with van der Waals surface area (Å²) < 4.78 is 0. The molecule has 2 aromatic rings. The highest BCUT2D eigenvalue weighted by atomic mass is 16.9. The maximum absolute atomic E-state index is 10.1. The molecule has 0 bridgehead atoms. The number of nitrogen functional groups attached to an aromatic ring is 1. The van der Waals surface area contributed by atoms with Crippen LogP contribution in [-0.4, -0.2) is 26.4 Å². The van der Waals surface area contributed by atoms with Crippen LogP contribution in [-0.2, 0) is 16.2 Å². The number of aliphatic carboxylic acids is 1. The number of hydrogen-bond donors (Lipinski definition) is 4.